The molecule has 0 saturated heterocycles. The second-order valence-corrected chi connectivity index (χ2v) is 7.88. The summed E-state index contributed by atoms with van der Waals surface area (Å²) in [5, 5.41) is 25.0. The van der Waals surface area contributed by atoms with Crippen LogP contribution in [-0.2, 0) is 6.54 Å². The lowest BCUT2D eigenvalue weighted by Gasteiger charge is -2.22. The van der Waals surface area contributed by atoms with Gasteiger partial charge in [0.25, 0.3) is 11.5 Å². The summed E-state index contributed by atoms with van der Waals surface area (Å²) in [6.45, 7) is 0.423. The topological polar surface area (TPSA) is 144 Å². The fourth-order valence-electron chi connectivity index (χ4n) is 3.76. The van der Waals surface area contributed by atoms with Gasteiger partial charge in [-0.05, 0) is 42.0 Å². The molecule has 1 aromatic heterocycles. The Hall–Kier alpha value is -4.86. The van der Waals surface area contributed by atoms with Crippen LogP contribution in [0.25, 0.3) is 10.9 Å². The molecule has 0 fully saturated rings. The minimum atomic E-state index is -0.884. The van der Waals surface area contributed by atoms with Crippen molar-refractivity contribution in [1.82, 2.24) is 4.98 Å². The average Bonchev–Trinajstić information content (AvgIpc) is 2.84. The van der Waals surface area contributed by atoms with E-state index in [4.69, 9.17) is 10.9 Å². The van der Waals surface area contributed by atoms with Crippen molar-refractivity contribution in [2.24, 2.45) is 10.9 Å². The number of nitrogens with zero attached hydrogens (tertiary/aromatic N) is 2. The van der Waals surface area contributed by atoms with Gasteiger partial charge in [0, 0.05) is 30.2 Å². The van der Waals surface area contributed by atoms with Crippen LogP contribution in [0.4, 0.5) is 15.8 Å². The normalized spacial score (nSPS) is 11.4. The summed E-state index contributed by atoms with van der Waals surface area (Å²) in [5.74, 6) is -2.27. The molecule has 0 bridgehead atoms. The number of carbonyl (C=O) groups is 1. The molecule has 0 spiro atoms. The van der Waals surface area contributed by atoms with Crippen LogP contribution in [0.2, 0.25) is 0 Å². The first-order valence-corrected chi connectivity index (χ1v) is 10.5. The standard InChI is InChI=1S/C25H22FN5O4/c1-31(13-14-5-3-2-4-6-14)19-12-16(26)11-18-21(19)29-25(34)20(22(18)32)24(33)28-17-9-7-15(8-10-17)23(27)30-35/h2-12,35H,13H2,1H3,(H2,27,30)(H,28,33)(H2,29,32,34). The Bertz CT molecular complexity index is 1480. The fourth-order valence-corrected chi connectivity index (χ4v) is 3.76. The number of pyridine rings is 1. The number of aromatic amines is 1. The zero-order valence-electron chi connectivity index (χ0n) is 18.6. The van der Waals surface area contributed by atoms with E-state index < -0.39 is 28.6 Å². The zero-order chi connectivity index (χ0) is 25.1. The number of rotatable bonds is 6. The van der Waals surface area contributed by atoms with E-state index in [0.717, 1.165) is 11.6 Å². The number of hydrogen-bond acceptors (Lipinski definition) is 6. The predicted octanol–water partition coefficient (Wildman–Crippen LogP) is 3.36. The number of nitrogens with two attached hydrogens (primary N) is 1. The summed E-state index contributed by atoms with van der Waals surface area (Å²) in [5.41, 5.74) is 6.36. The third kappa shape index (κ3) is 4.76. The zero-order valence-corrected chi connectivity index (χ0v) is 18.6. The van der Waals surface area contributed by atoms with Gasteiger partial charge in [-0.1, -0.05) is 35.5 Å². The molecule has 4 rings (SSSR count). The second kappa shape index (κ2) is 9.56. The summed E-state index contributed by atoms with van der Waals surface area (Å²) in [4.78, 5) is 30.0. The lowest BCUT2D eigenvalue weighted by atomic mass is 10.1. The minimum Gasteiger partial charge on any atom is -0.506 e. The van der Waals surface area contributed by atoms with Crippen LogP contribution in [0.15, 0.2) is 76.7 Å². The van der Waals surface area contributed by atoms with Gasteiger partial charge in [0.2, 0.25) is 0 Å². The highest BCUT2D eigenvalue weighted by atomic mass is 19.1. The van der Waals surface area contributed by atoms with Gasteiger partial charge in [-0.3, -0.25) is 9.59 Å². The molecule has 3 aromatic carbocycles. The van der Waals surface area contributed by atoms with Crippen molar-refractivity contribution in [2.45, 2.75) is 6.54 Å². The largest absolute Gasteiger partial charge is 0.506 e. The molecule has 0 aliphatic carbocycles. The summed E-state index contributed by atoms with van der Waals surface area (Å²) < 4.78 is 14.5. The van der Waals surface area contributed by atoms with Crippen molar-refractivity contribution in [3.63, 3.8) is 0 Å². The third-order valence-electron chi connectivity index (χ3n) is 5.49. The SMILES string of the molecule is CN(Cc1ccccc1)c1cc(F)cc2c(O)c(C(=O)Nc3ccc(C(N)=NO)cc3)c(=O)[nH]c12. The highest BCUT2D eigenvalue weighted by molar-refractivity contribution is 6.10. The molecule has 4 aromatic rings. The Morgan fingerprint density at radius 3 is 2.49 bits per heavy atom. The van der Waals surface area contributed by atoms with Gasteiger partial charge in [0.1, 0.15) is 17.1 Å². The van der Waals surface area contributed by atoms with Crippen molar-refractivity contribution >= 4 is 34.0 Å². The Labute approximate surface area is 198 Å². The lowest BCUT2D eigenvalue weighted by molar-refractivity contribution is 0.102. The highest BCUT2D eigenvalue weighted by Crippen LogP contribution is 2.33. The molecule has 0 atom stereocenters. The molecule has 10 heteroatoms. The molecular formula is C25H22FN5O4. The van der Waals surface area contributed by atoms with Gasteiger partial charge in [-0.2, -0.15) is 0 Å². The number of carbonyl (C=O) groups excluding carboxylic acids is 1. The molecule has 178 valence electrons. The maximum atomic E-state index is 14.5. The van der Waals surface area contributed by atoms with Crippen LogP contribution in [-0.4, -0.2) is 34.1 Å². The number of amidine groups is 1. The van der Waals surface area contributed by atoms with Crippen molar-refractivity contribution < 1.29 is 19.5 Å². The first-order chi connectivity index (χ1) is 16.8. The van der Waals surface area contributed by atoms with Gasteiger partial charge >= 0.3 is 0 Å². The molecule has 1 amide bonds. The number of amides is 1. The number of aromatic nitrogens is 1. The van der Waals surface area contributed by atoms with Crippen molar-refractivity contribution in [1.29, 1.82) is 0 Å². The number of halogens is 1. The summed E-state index contributed by atoms with van der Waals surface area (Å²) in [7, 11) is 1.73. The average molecular weight is 475 g/mol. The van der Waals surface area contributed by atoms with E-state index in [-0.39, 0.29) is 16.7 Å². The number of fused-ring (bicyclic) bond motifs is 1. The Morgan fingerprint density at radius 1 is 1.14 bits per heavy atom. The molecule has 0 aliphatic rings. The van der Waals surface area contributed by atoms with Gasteiger partial charge in [-0.25, -0.2) is 4.39 Å². The van der Waals surface area contributed by atoms with Gasteiger partial charge in [0.05, 0.1) is 11.2 Å². The number of H-pyrrole nitrogens is 1. The predicted molar refractivity (Wildman–Crippen MR) is 132 cm³/mol. The Balaban J connectivity index is 1.70. The Morgan fingerprint density at radius 2 is 1.83 bits per heavy atom. The number of hydrogen-bond donors (Lipinski definition) is 5. The Kier molecular flexibility index (Phi) is 6.36. The number of nitrogens with one attached hydrogen (secondary N) is 2. The molecule has 0 aliphatic heterocycles. The van der Waals surface area contributed by atoms with Gasteiger partial charge in [-0.15, -0.1) is 0 Å². The quantitative estimate of drug-likeness (QED) is 0.125. The molecule has 9 nitrogen and oxygen atoms in total. The van der Waals surface area contributed by atoms with Crippen molar-refractivity contribution in [3.05, 3.63) is 99.6 Å². The summed E-state index contributed by atoms with van der Waals surface area (Å²) in [6.07, 6.45) is 0. The molecule has 35 heavy (non-hydrogen) atoms. The number of anilines is 2. The number of aromatic hydroxyl groups is 1. The molecule has 1 heterocycles. The molecule has 0 radical (unpaired) electrons. The maximum Gasteiger partial charge on any atom is 0.265 e. The van der Waals surface area contributed by atoms with E-state index in [1.165, 1.54) is 30.3 Å². The molecule has 0 saturated carbocycles. The highest BCUT2D eigenvalue weighted by Gasteiger charge is 2.22. The van der Waals surface area contributed by atoms with Crippen LogP contribution < -0.4 is 21.5 Å². The fraction of sp³-hybridized carbons (Fsp3) is 0.0800. The number of oxime groups is 1. The molecule has 6 N–H and O–H groups in total. The van der Waals surface area contributed by atoms with Gasteiger partial charge in [0.15, 0.2) is 5.84 Å². The monoisotopic (exact) mass is 475 g/mol. The summed E-state index contributed by atoms with van der Waals surface area (Å²) >= 11 is 0. The maximum absolute atomic E-state index is 14.5. The van der Waals surface area contributed by atoms with Crippen molar-refractivity contribution in [2.75, 3.05) is 17.3 Å². The molecular weight excluding hydrogens is 453 g/mol. The van der Waals surface area contributed by atoms with Crippen LogP contribution in [0.1, 0.15) is 21.5 Å². The van der Waals surface area contributed by atoms with Crippen LogP contribution >= 0.6 is 0 Å². The van der Waals surface area contributed by atoms with E-state index >= 15 is 0 Å². The van der Waals surface area contributed by atoms with E-state index in [9.17, 15) is 19.1 Å². The smallest absolute Gasteiger partial charge is 0.265 e. The second-order valence-electron chi connectivity index (χ2n) is 7.88. The van der Waals surface area contributed by atoms with E-state index in [1.54, 1.807) is 11.9 Å². The van der Waals surface area contributed by atoms with Crippen LogP contribution in [0.5, 0.6) is 5.75 Å². The van der Waals surface area contributed by atoms with E-state index in [1.807, 2.05) is 30.3 Å². The summed E-state index contributed by atoms with van der Waals surface area (Å²) in [6, 6.07) is 17.8. The van der Waals surface area contributed by atoms with Crippen LogP contribution in [0, 0.1) is 5.82 Å². The number of benzene rings is 3. The first kappa shape index (κ1) is 23.3. The van der Waals surface area contributed by atoms with E-state index in [0.29, 0.717) is 23.5 Å². The molecule has 0 unspecified atom stereocenters. The van der Waals surface area contributed by atoms with Crippen LogP contribution in [0.3, 0.4) is 0 Å². The minimum absolute atomic E-state index is 0.00746. The first-order valence-electron chi connectivity index (χ1n) is 10.5. The van der Waals surface area contributed by atoms with Crippen molar-refractivity contribution in [3.8, 4) is 5.75 Å². The lowest BCUT2D eigenvalue weighted by Crippen LogP contribution is -2.24. The third-order valence-corrected chi connectivity index (χ3v) is 5.49. The van der Waals surface area contributed by atoms with E-state index in [2.05, 4.69) is 15.5 Å². The van der Waals surface area contributed by atoms with Gasteiger partial charge < -0.3 is 31.2 Å².